The number of nitrogens with one attached hydrogen (secondary N) is 1. The highest BCUT2D eigenvalue weighted by Crippen LogP contribution is 2.34. The third kappa shape index (κ3) is 2.06. The molecule has 2 nitrogen and oxygen atoms in total. The molecule has 82 valence electrons. The minimum absolute atomic E-state index is 0.381. The summed E-state index contributed by atoms with van der Waals surface area (Å²) in [5, 5.41) is 12.9. The van der Waals surface area contributed by atoms with E-state index in [0.29, 0.717) is 12.5 Å². The van der Waals surface area contributed by atoms with E-state index in [1.807, 2.05) is 7.05 Å². The van der Waals surface area contributed by atoms with E-state index in [1.54, 1.807) is 0 Å². The summed E-state index contributed by atoms with van der Waals surface area (Å²) >= 11 is 0. The van der Waals surface area contributed by atoms with Gasteiger partial charge in [0.1, 0.15) is 0 Å². The zero-order chi connectivity index (χ0) is 10.8. The molecule has 2 rings (SSSR count). The third-order valence-electron chi connectivity index (χ3n) is 3.33. The molecule has 0 saturated heterocycles. The normalized spacial score (nSPS) is 21.4. The lowest BCUT2D eigenvalue weighted by molar-refractivity contribution is 0.177. The van der Waals surface area contributed by atoms with Crippen molar-refractivity contribution in [2.45, 2.75) is 31.8 Å². The van der Waals surface area contributed by atoms with Gasteiger partial charge in [-0.2, -0.15) is 0 Å². The molecule has 1 aliphatic carbocycles. The van der Waals surface area contributed by atoms with Gasteiger partial charge in [-0.05, 0) is 42.5 Å². The molecule has 1 aromatic carbocycles. The fourth-order valence-corrected chi connectivity index (χ4v) is 2.35. The summed E-state index contributed by atoms with van der Waals surface area (Å²) in [4.78, 5) is 0. The van der Waals surface area contributed by atoms with Crippen molar-refractivity contribution >= 4 is 0 Å². The topological polar surface area (TPSA) is 32.3 Å². The van der Waals surface area contributed by atoms with Crippen LogP contribution in [-0.4, -0.2) is 18.7 Å². The summed E-state index contributed by atoms with van der Waals surface area (Å²) in [5.41, 5.74) is 3.93. The summed E-state index contributed by atoms with van der Waals surface area (Å²) in [7, 11) is 1.86. The molecule has 0 radical (unpaired) electrons. The lowest BCUT2D eigenvalue weighted by Gasteiger charge is -2.13. The van der Waals surface area contributed by atoms with E-state index in [2.05, 4.69) is 30.4 Å². The lowest BCUT2D eigenvalue weighted by atomic mass is 9.98. The number of aryl methyl sites for hydroxylation is 1. The van der Waals surface area contributed by atoms with E-state index in [-0.39, 0.29) is 6.10 Å². The Morgan fingerprint density at radius 3 is 3.07 bits per heavy atom. The van der Waals surface area contributed by atoms with Crippen molar-refractivity contribution in [2.75, 3.05) is 13.6 Å². The standard InChI is InChI=1S/C13H19NO/c1-9-3-4-10-5-6-11(7-12(9)10)13(15)8-14-2/h5-7,9,13-15H,3-4,8H2,1-2H3. The number of likely N-dealkylation sites (N-methyl/N-ethyl adjacent to an activating group) is 1. The van der Waals surface area contributed by atoms with Gasteiger partial charge in [-0.1, -0.05) is 25.1 Å². The smallest absolute Gasteiger partial charge is 0.0914 e. The number of rotatable bonds is 3. The lowest BCUT2D eigenvalue weighted by Crippen LogP contribution is -2.16. The number of benzene rings is 1. The summed E-state index contributed by atoms with van der Waals surface area (Å²) in [5.74, 6) is 0.654. The Labute approximate surface area is 91.3 Å². The fraction of sp³-hybridized carbons (Fsp3) is 0.538. The maximum absolute atomic E-state index is 9.88. The predicted octanol–water partition coefficient (Wildman–Crippen LogP) is 1.99. The first-order valence-electron chi connectivity index (χ1n) is 5.67. The molecule has 0 fully saturated rings. The highest BCUT2D eigenvalue weighted by Gasteiger charge is 2.19. The zero-order valence-electron chi connectivity index (χ0n) is 9.46. The van der Waals surface area contributed by atoms with Gasteiger partial charge >= 0.3 is 0 Å². The Kier molecular flexibility index (Phi) is 3.08. The van der Waals surface area contributed by atoms with Gasteiger partial charge in [0.05, 0.1) is 6.10 Å². The van der Waals surface area contributed by atoms with Gasteiger partial charge in [0.25, 0.3) is 0 Å². The largest absolute Gasteiger partial charge is 0.387 e. The van der Waals surface area contributed by atoms with Crippen LogP contribution in [0.25, 0.3) is 0 Å². The second-order valence-electron chi connectivity index (χ2n) is 4.47. The Morgan fingerprint density at radius 1 is 1.53 bits per heavy atom. The molecule has 15 heavy (non-hydrogen) atoms. The summed E-state index contributed by atoms with van der Waals surface area (Å²) in [6.07, 6.45) is 2.06. The van der Waals surface area contributed by atoms with Crippen LogP contribution in [-0.2, 0) is 6.42 Å². The minimum atomic E-state index is -0.381. The van der Waals surface area contributed by atoms with Crippen LogP contribution in [0.15, 0.2) is 18.2 Å². The van der Waals surface area contributed by atoms with Gasteiger partial charge in [0.15, 0.2) is 0 Å². The van der Waals surface area contributed by atoms with E-state index in [9.17, 15) is 5.11 Å². The molecular formula is C13H19NO. The van der Waals surface area contributed by atoms with Gasteiger partial charge in [0, 0.05) is 6.54 Å². The molecule has 2 heteroatoms. The SMILES string of the molecule is CNCC(O)c1ccc2c(c1)C(C)CC2. The average molecular weight is 205 g/mol. The second kappa shape index (κ2) is 4.33. The van der Waals surface area contributed by atoms with Gasteiger partial charge in [0.2, 0.25) is 0 Å². The summed E-state index contributed by atoms with van der Waals surface area (Å²) in [6.45, 7) is 2.88. The molecule has 2 N–H and O–H groups in total. The zero-order valence-corrected chi connectivity index (χ0v) is 9.46. The maximum Gasteiger partial charge on any atom is 0.0914 e. The minimum Gasteiger partial charge on any atom is -0.387 e. The van der Waals surface area contributed by atoms with E-state index >= 15 is 0 Å². The number of fused-ring (bicyclic) bond motifs is 1. The van der Waals surface area contributed by atoms with Crippen LogP contribution in [0.2, 0.25) is 0 Å². The number of aliphatic hydroxyl groups is 1. The second-order valence-corrected chi connectivity index (χ2v) is 4.47. The van der Waals surface area contributed by atoms with Gasteiger partial charge in [-0.15, -0.1) is 0 Å². The fourth-order valence-electron chi connectivity index (χ4n) is 2.35. The first kappa shape index (κ1) is 10.7. The first-order chi connectivity index (χ1) is 7.22. The van der Waals surface area contributed by atoms with Crippen molar-refractivity contribution in [1.82, 2.24) is 5.32 Å². The van der Waals surface area contributed by atoms with E-state index in [0.717, 1.165) is 5.56 Å². The first-order valence-corrected chi connectivity index (χ1v) is 5.67. The summed E-state index contributed by atoms with van der Waals surface area (Å²) < 4.78 is 0. The number of aliphatic hydroxyl groups excluding tert-OH is 1. The number of hydrogen-bond acceptors (Lipinski definition) is 2. The molecule has 0 spiro atoms. The number of hydrogen-bond donors (Lipinski definition) is 2. The van der Waals surface area contributed by atoms with Crippen molar-refractivity contribution in [2.24, 2.45) is 0 Å². The highest BCUT2D eigenvalue weighted by molar-refractivity contribution is 5.38. The van der Waals surface area contributed by atoms with Gasteiger partial charge in [-0.3, -0.25) is 0 Å². The van der Waals surface area contributed by atoms with Crippen molar-refractivity contribution in [3.05, 3.63) is 34.9 Å². The molecule has 0 heterocycles. The van der Waals surface area contributed by atoms with Crippen molar-refractivity contribution in [3.8, 4) is 0 Å². The van der Waals surface area contributed by atoms with Gasteiger partial charge in [-0.25, -0.2) is 0 Å². The monoisotopic (exact) mass is 205 g/mol. The molecular weight excluding hydrogens is 186 g/mol. The van der Waals surface area contributed by atoms with Crippen molar-refractivity contribution < 1.29 is 5.11 Å². The molecule has 1 aromatic rings. The average Bonchev–Trinajstić information content (AvgIpc) is 2.60. The van der Waals surface area contributed by atoms with Crippen LogP contribution in [0.4, 0.5) is 0 Å². The Morgan fingerprint density at radius 2 is 2.33 bits per heavy atom. The van der Waals surface area contributed by atoms with Crippen LogP contribution < -0.4 is 5.32 Å². The molecule has 1 aliphatic rings. The van der Waals surface area contributed by atoms with E-state index < -0.39 is 0 Å². The van der Waals surface area contributed by atoms with E-state index in [4.69, 9.17) is 0 Å². The third-order valence-corrected chi connectivity index (χ3v) is 3.33. The Bertz CT molecular complexity index is 348. The molecule has 0 aliphatic heterocycles. The maximum atomic E-state index is 9.88. The summed E-state index contributed by atoms with van der Waals surface area (Å²) in [6, 6.07) is 6.40. The molecule has 2 atom stereocenters. The van der Waals surface area contributed by atoms with Crippen molar-refractivity contribution in [1.29, 1.82) is 0 Å². The molecule has 2 unspecified atom stereocenters. The van der Waals surface area contributed by atoms with Crippen LogP contribution in [0.5, 0.6) is 0 Å². The van der Waals surface area contributed by atoms with Crippen LogP contribution in [0.3, 0.4) is 0 Å². The molecule has 0 saturated carbocycles. The predicted molar refractivity (Wildman–Crippen MR) is 62.1 cm³/mol. The molecule has 0 amide bonds. The quantitative estimate of drug-likeness (QED) is 0.791. The van der Waals surface area contributed by atoms with Crippen molar-refractivity contribution in [3.63, 3.8) is 0 Å². The molecule has 0 bridgehead atoms. The van der Waals surface area contributed by atoms with Gasteiger partial charge < -0.3 is 10.4 Å². The van der Waals surface area contributed by atoms with Crippen LogP contribution in [0, 0.1) is 0 Å². The van der Waals surface area contributed by atoms with Crippen LogP contribution in [0.1, 0.15) is 42.1 Å². The Balaban J connectivity index is 2.25. The molecule has 0 aromatic heterocycles. The van der Waals surface area contributed by atoms with Crippen LogP contribution >= 0.6 is 0 Å². The highest BCUT2D eigenvalue weighted by atomic mass is 16.3. The Hall–Kier alpha value is -0.860. The van der Waals surface area contributed by atoms with E-state index in [1.165, 1.54) is 24.0 Å².